The molecule has 0 saturated carbocycles. The van der Waals surface area contributed by atoms with E-state index < -0.39 is 0 Å². The van der Waals surface area contributed by atoms with E-state index in [4.69, 9.17) is 0 Å². The van der Waals surface area contributed by atoms with Gasteiger partial charge in [-0.2, -0.15) is 0 Å². The number of benzene rings is 1. The zero-order valence-electron chi connectivity index (χ0n) is 11.8. The first kappa shape index (κ1) is 15.7. The van der Waals surface area contributed by atoms with Crippen LogP contribution in [0.4, 0.5) is 5.69 Å². The van der Waals surface area contributed by atoms with Crippen LogP contribution in [0.3, 0.4) is 0 Å². The Labute approximate surface area is 106 Å². The molecule has 0 aliphatic rings. The van der Waals surface area contributed by atoms with E-state index in [1.807, 2.05) is 27.9 Å². The molecule has 0 spiro atoms. The smallest absolute Gasteiger partial charge is 0.0413 e. The first-order valence-electron chi connectivity index (χ1n) is 6.40. The third-order valence-corrected chi connectivity index (χ3v) is 2.54. The second kappa shape index (κ2) is 9.91. The molecule has 2 N–H and O–H groups in total. The maximum Gasteiger partial charge on any atom is 0.0413 e. The molecule has 1 aromatic rings. The van der Waals surface area contributed by atoms with Crippen molar-refractivity contribution in [3.63, 3.8) is 0 Å². The summed E-state index contributed by atoms with van der Waals surface area (Å²) in [5, 5.41) is 6.40. The summed E-state index contributed by atoms with van der Waals surface area (Å²) in [7, 11) is 3.95. The van der Waals surface area contributed by atoms with Crippen LogP contribution in [-0.4, -0.2) is 20.6 Å². The van der Waals surface area contributed by atoms with E-state index >= 15 is 0 Å². The van der Waals surface area contributed by atoms with Gasteiger partial charge in [-0.15, -0.1) is 0 Å². The number of anilines is 1. The molecule has 1 aromatic carbocycles. The maximum atomic E-state index is 3.23. The molecule has 0 aliphatic carbocycles. The van der Waals surface area contributed by atoms with Gasteiger partial charge < -0.3 is 10.6 Å². The Morgan fingerprint density at radius 3 is 2.35 bits per heavy atom. The Balaban J connectivity index is 0.00000121. The summed E-state index contributed by atoms with van der Waals surface area (Å²) in [4.78, 5) is 0. The zero-order chi connectivity index (χ0) is 13.1. The third kappa shape index (κ3) is 5.05. The average molecular weight is 234 g/mol. The topological polar surface area (TPSA) is 24.1 Å². The molecule has 0 saturated heterocycles. The third-order valence-electron chi connectivity index (χ3n) is 2.54. The largest absolute Gasteiger partial charge is 0.388 e. The van der Waals surface area contributed by atoms with E-state index in [0.29, 0.717) is 0 Å². The van der Waals surface area contributed by atoms with Gasteiger partial charge >= 0.3 is 0 Å². The second-order valence-corrected chi connectivity index (χ2v) is 3.46. The van der Waals surface area contributed by atoms with Crippen molar-refractivity contribution in [3.8, 4) is 0 Å². The Kier molecular flexibility index (Phi) is 9.17. The fraction of sp³-hybridized carbons (Fsp3) is 0.467. The van der Waals surface area contributed by atoms with Crippen LogP contribution < -0.4 is 10.6 Å². The fourth-order valence-corrected chi connectivity index (χ4v) is 1.68. The molecule has 0 radical (unpaired) electrons. The molecule has 0 aromatic heterocycles. The molecule has 0 unspecified atom stereocenters. The predicted molar refractivity (Wildman–Crippen MR) is 79.5 cm³/mol. The van der Waals surface area contributed by atoms with Gasteiger partial charge in [0.25, 0.3) is 0 Å². The lowest BCUT2D eigenvalue weighted by Crippen LogP contribution is -2.08. The van der Waals surface area contributed by atoms with Crippen molar-refractivity contribution in [1.29, 1.82) is 0 Å². The minimum absolute atomic E-state index is 1.01. The highest BCUT2D eigenvalue weighted by molar-refractivity contribution is 5.76. The Morgan fingerprint density at radius 2 is 1.82 bits per heavy atom. The van der Waals surface area contributed by atoms with E-state index in [1.165, 1.54) is 16.8 Å². The lowest BCUT2D eigenvalue weighted by Gasteiger charge is -2.12. The molecule has 1 rings (SSSR count). The van der Waals surface area contributed by atoms with Crippen molar-refractivity contribution in [3.05, 3.63) is 35.9 Å². The molecular weight excluding hydrogens is 208 g/mol. The van der Waals surface area contributed by atoms with Gasteiger partial charge in [0.2, 0.25) is 0 Å². The monoisotopic (exact) mass is 234 g/mol. The lowest BCUT2D eigenvalue weighted by atomic mass is 10.0. The highest BCUT2D eigenvalue weighted by Gasteiger charge is 2.04. The number of hydrogen-bond acceptors (Lipinski definition) is 2. The van der Waals surface area contributed by atoms with Crippen LogP contribution >= 0.6 is 0 Å². The quantitative estimate of drug-likeness (QED) is 0.810. The molecule has 0 atom stereocenters. The number of para-hydroxylation sites is 1. The molecule has 0 bridgehead atoms. The van der Waals surface area contributed by atoms with Crippen molar-refractivity contribution in [2.24, 2.45) is 0 Å². The van der Waals surface area contributed by atoms with Gasteiger partial charge in [0, 0.05) is 18.3 Å². The lowest BCUT2D eigenvalue weighted by molar-refractivity contribution is 0.815. The Bertz CT molecular complexity index is 329. The van der Waals surface area contributed by atoms with Crippen molar-refractivity contribution in [2.45, 2.75) is 27.2 Å². The Hall–Kier alpha value is -1.28. The number of allylic oxidation sites excluding steroid dienone is 1. The summed E-state index contributed by atoms with van der Waals surface area (Å²) >= 11 is 0. The van der Waals surface area contributed by atoms with Gasteiger partial charge in [-0.1, -0.05) is 38.1 Å². The molecular formula is C15H26N2. The van der Waals surface area contributed by atoms with Crippen LogP contribution in [0.2, 0.25) is 0 Å². The second-order valence-electron chi connectivity index (χ2n) is 3.46. The van der Waals surface area contributed by atoms with Gasteiger partial charge in [-0.3, -0.25) is 0 Å². The Morgan fingerprint density at radius 1 is 1.18 bits per heavy atom. The zero-order valence-corrected chi connectivity index (χ0v) is 11.8. The van der Waals surface area contributed by atoms with E-state index in [0.717, 1.165) is 13.0 Å². The molecule has 2 heteroatoms. The van der Waals surface area contributed by atoms with Crippen LogP contribution in [0.5, 0.6) is 0 Å². The van der Waals surface area contributed by atoms with E-state index in [1.54, 1.807) is 0 Å². The van der Waals surface area contributed by atoms with E-state index in [2.05, 4.69) is 47.9 Å². The standard InChI is InChI=1S/C13H20N2.C2H6/c1-4-11(9-10-14-2)12-7-5-6-8-13(12)15-3;1-2/h4-8,14-15H,9-10H2,1-3H3;1-2H3/b11-4+;. The van der Waals surface area contributed by atoms with Gasteiger partial charge in [-0.25, -0.2) is 0 Å². The predicted octanol–water partition coefficient (Wildman–Crippen LogP) is 3.77. The number of nitrogens with one attached hydrogen (secondary N) is 2. The van der Waals surface area contributed by atoms with Crippen LogP contribution in [-0.2, 0) is 0 Å². The van der Waals surface area contributed by atoms with Crippen molar-refractivity contribution in [1.82, 2.24) is 5.32 Å². The maximum absolute atomic E-state index is 3.23. The fourth-order valence-electron chi connectivity index (χ4n) is 1.68. The molecule has 2 nitrogen and oxygen atoms in total. The molecule has 17 heavy (non-hydrogen) atoms. The minimum Gasteiger partial charge on any atom is -0.388 e. The summed E-state index contributed by atoms with van der Waals surface area (Å²) in [5.41, 5.74) is 3.88. The van der Waals surface area contributed by atoms with Gasteiger partial charge in [-0.05, 0) is 38.6 Å². The summed E-state index contributed by atoms with van der Waals surface area (Å²) in [6.45, 7) is 7.11. The van der Waals surface area contributed by atoms with Gasteiger partial charge in [0.15, 0.2) is 0 Å². The molecule has 0 aliphatic heterocycles. The summed E-state index contributed by atoms with van der Waals surface area (Å²) in [5.74, 6) is 0. The molecule has 96 valence electrons. The van der Waals surface area contributed by atoms with E-state index in [-0.39, 0.29) is 0 Å². The van der Waals surface area contributed by atoms with Crippen LogP contribution in [0.25, 0.3) is 5.57 Å². The number of hydrogen-bond donors (Lipinski definition) is 2. The van der Waals surface area contributed by atoms with Crippen LogP contribution in [0.15, 0.2) is 30.3 Å². The minimum atomic E-state index is 1.01. The summed E-state index contributed by atoms with van der Waals surface area (Å²) in [6.07, 6.45) is 3.25. The summed E-state index contributed by atoms with van der Waals surface area (Å²) in [6, 6.07) is 8.41. The first-order chi connectivity index (χ1) is 8.33. The van der Waals surface area contributed by atoms with Crippen LogP contribution in [0.1, 0.15) is 32.8 Å². The highest BCUT2D eigenvalue weighted by Crippen LogP contribution is 2.25. The van der Waals surface area contributed by atoms with Crippen molar-refractivity contribution < 1.29 is 0 Å². The summed E-state index contributed by atoms with van der Waals surface area (Å²) < 4.78 is 0. The van der Waals surface area contributed by atoms with Crippen molar-refractivity contribution in [2.75, 3.05) is 26.0 Å². The van der Waals surface area contributed by atoms with Crippen molar-refractivity contribution >= 4 is 11.3 Å². The molecule has 0 amide bonds. The SMILES string of the molecule is C/C=C(\CCNC)c1ccccc1NC.CC. The van der Waals surface area contributed by atoms with Gasteiger partial charge in [0.1, 0.15) is 0 Å². The molecule has 0 heterocycles. The first-order valence-corrected chi connectivity index (χ1v) is 6.40. The van der Waals surface area contributed by atoms with Crippen LogP contribution in [0, 0.1) is 0 Å². The molecule has 0 fully saturated rings. The number of rotatable bonds is 5. The average Bonchev–Trinajstić information content (AvgIpc) is 2.42. The van der Waals surface area contributed by atoms with E-state index in [9.17, 15) is 0 Å². The highest BCUT2D eigenvalue weighted by atomic mass is 14.8. The normalized spacial score (nSPS) is 10.5. The van der Waals surface area contributed by atoms with Gasteiger partial charge in [0.05, 0.1) is 0 Å².